The Hall–Kier alpha value is -3.02. The molecule has 0 atom stereocenters. The second-order valence-electron chi connectivity index (χ2n) is 4.62. The van der Waals surface area contributed by atoms with Gasteiger partial charge in [-0.25, -0.2) is 4.79 Å². The van der Waals surface area contributed by atoms with Crippen LogP contribution in [0.4, 0.5) is 0 Å². The van der Waals surface area contributed by atoms with Gasteiger partial charge in [-0.3, -0.25) is 4.98 Å². The Morgan fingerprint density at radius 3 is 2.64 bits per heavy atom. The first kappa shape index (κ1) is 13.9. The van der Waals surface area contributed by atoms with Gasteiger partial charge < -0.3 is 9.26 Å². The lowest BCUT2D eigenvalue weighted by molar-refractivity contribution is 0.0468. The summed E-state index contributed by atoms with van der Waals surface area (Å²) in [5, 5.41) is 3.73. The molecule has 0 fully saturated rings. The van der Waals surface area contributed by atoms with Crippen LogP contribution >= 0.6 is 0 Å². The molecule has 2 aromatic heterocycles. The van der Waals surface area contributed by atoms with Crippen molar-refractivity contribution in [2.75, 3.05) is 0 Å². The van der Waals surface area contributed by atoms with Crippen LogP contribution in [0.2, 0.25) is 0 Å². The van der Waals surface area contributed by atoms with E-state index in [0.29, 0.717) is 23.0 Å². The van der Waals surface area contributed by atoms with Gasteiger partial charge in [0.1, 0.15) is 6.61 Å². The van der Waals surface area contributed by atoms with Crippen molar-refractivity contribution < 1.29 is 14.1 Å². The number of hydrogen-bond acceptors (Lipinski definition) is 6. The van der Waals surface area contributed by atoms with Crippen molar-refractivity contribution in [3.8, 4) is 11.5 Å². The molecular weight excluding hydrogens is 282 g/mol. The van der Waals surface area contributed by atoms with Gasteiger partial charge >= 0.3 is 5.97 Å². The SMILES string of the molecule is Cc1noc(-c2ccc(C(=O)OCc3ccccn3)cc2)n1. The van der Waals surface area contributed by atoms with Crippen LogP contribution in [0.3, 0.4) is 0 Å². The van der Waals surface area contributed by atoms with E-state index < -0.39 is 5.97 Å². The lowest BCUT2D eigenvalue weighted by Gasteiger charge is -2.04. The molecule has 0 aliphatic heterocycles. The third kappa shape index (κ3) is 3.17. The standard InChI is InChI=1S/C16H13N3O3/c1-11-18-15(22-19-11)12-5-7-13(8-6-12)16(20)21-10-14-4-2-3-9-17-14/h2-9H,10H2,1H3. The Morgan fingerprint density at radius 2 is 2.00 bits per heavy atom. The molecule has 0 bridgehead atoms. The predicted octanol–water partition coefficient (Wildman–Crippen LogP) is 2.80. The average Bonchev–Trinajstić information content (AvgIpc) is 3.00. The van der Waals surface area contributed by atoms with Gasteiger partial charge in [0.05, 0.1) is 11.3 Å². The summed E-state index contributed by atoms with van der Waals surface area (Å²) >= 11 is 0. The first-order valence-electron chi connectivity index (χ1n) is 6.70. The van der Waals surface area contributed by atoms with Gasteiger partial charge in [0, 0.05) is 11.8 Å². The summed E-state index contributed by atoms with van der Waals surface area (Å²) in [5.41, 5.74) is 1.91. The summed E-state index contributed by atoms with van der Waals surface area (Å²) in [4.78, 5) is 20.2. The fourth-order valence-electron chi connectivity index (χ4n) is 1.87. The van der Waals surface area contributed by atoms with E-state index in [9.17, 15) is 4.79 Å². The van der Waals surface area contributed by atoms with Crippen molar-refractivity contribution in [1.29, 1.82) is 0 Å². The van der Waals surface area contributed by atoms with Crippen molar-refractivity contribution in [1.82, 2.24) is 15.1 Å². The van der Waals surface area contributed by atoms with Crippen molar-refractivity contribution in [3.63, 3.8) is 0 Å². The highest BCUT2D eigenvalue weighted by atomic mass is 16.5. The number of aryl methyl sites for hydroxylation is 1. The van der Waals surface area contributed by atoms with E-state index in [-0.39, 0.29) is 6.61 Å². The fraction of sp³-hybridized carbons (Fsp3) is 0.125. The summed E-state index contributed by atoms with van der Waals surface area (Å²) in [6.07, 6.45) is 1.66. The predicted molar refractivity (Wildman–Crippen MR) is 77.8 cm³/mol. The number of benzene rings is 1. The zero-order chi connectivity index (χ0) is 15.4. The Kier molecular flexibility index (Phi) is 3.91. The lowest BCUT2D eigenvalue weighted by Crippen LogP contribution is -2.05. The first-order valence-corrected chi connectivity index (χ1v) is 6.70. The Bertz CT molecular complexity index is 767. The minimum Gasteiger partial charge on any atom is -0.456 e. The highest BCUT2D eigenvalue weighted by Crippen LogP contribution is 2.18. The summed E-state index contributed by atoms with van der Waals surface area (Å²) in [7, 11) is 0. The monoisotopic (exact) mass is 295 g/mol. The third-order valence-electron chi connectivity index (χ3n) is 2.97. The van der Waals surface area contributed by atoms with Gasteiger partial charge in [0.2, 0.25) is 0 Å². The molecular formula is C16H13N3O3. The number of aromatic nitrogens is 3. The van der Waals surface area contributed by atoms with Crippen molar-refractivity contribution >= 4 is 5.97 Å². The van der Waals surface area contributed by atoms with Gasteiger partial charge in [0.15, 0.2) is 5.82 Å². The van der Waals surface area contributed by atoms with E-state index in [4.69, 9.17) is 9.26 Å². The highest BCUT2D eigenvalue weighted by molar-refractivity contribution is 5.89. The molecule has 0 saturated carbocycles. The number of hydrogen-bond donors (Lipinski definition) is 0. The van der Waals surface area contributed by atoms with Crippen LogP contribution in [-0.2, 0) is 11.3 Å². The van der Waals surface area contributed by atoms with Crippen LogP contribution in [-0.4, -0.2) is 21.1 Å². The number of carbonyl (C=O) groups excluding carboxylic acids is 1. The van der Waals surface area contributed by atoms with Crippen LogP contribution in [0.1, 0.15) is 21.9 Å². The number of ether oxygens (including phenoxy) is 1. The molecule has 1 aromatic carbocycles. The van der Waals surface area contributed by atoms with Crippen molar-refractivity contribution in [2.24, 2.45) is 0 Å². The number of rotatable bonds is 4. The molecule has 0 radical (unpaired) electrons. The molecule has 3 rings (SSSR count). The maximum absolute atomic E-state index is 12.0. The topological polar surface area (TPSA) is 78.1 Å². The molecule has 0 saturated heterocycles. The van der Waals surface area contributed by atoms with E-state index in [0.717, 1.165) is 5.56 Å². The summed E-state index contributed by atoms with van der Waals surface area (Å²) in [5.74, 6) is 0.582. The lowest BCUT2D eigenvalue weighted by atomic mass is 10.1. The second-order valence-corrected chi connectivity index (χ2v) is 4.62. The Labute approximate surface area is 126 Å². The number of nitrogens with zero attached hydrogens (tertiary/aromatic N) is 3. The van der Waals surface area contributed by atoms with Crippen molar-refractivity contribution in [2.45, 2.75) is 13.5 Å². The third-order valence-corrected chi connectivity index (χ3v) is 2.97. The Balaban J connectivity index is 1.66. The second kappa shape index (κ2) is 6.17. The van der Waals surface area contributed by atoms with E-state index in [1.165, 1.54) is 0 Å². The molecule has 0 N–H and O–H groups in total. The van der Waals surface area contributed by atoms with E-state index in [1.54, 1.807) is 43.5 Å². The van der Waals surface area contributed by atoms with Crippen LogP contribution in [0.5, 0.6) is 0 Å². The summed E-state index contributed by atoms with van der Waals surface area (Å²) in [6, 6.07) is 12.3. The molecule has 0 unspecified atom stereocenters. The minimum atomic E-state index is -0.404. The molecule has 3 aromatic rings. The fourth-order valence-corrected chi connectivity index (χ4v) is 1.87. The average molecular weight is 295 g/mol. The number of carbonyl (C=O) groups is 1. The minimum absolute atomic E-state index is 0.143. The quantitative estimate of drug-likeness (QED) is 0.689. The first-order chi connectivity index (χ1) is 10.7. The van der Waals surface area contributed by atoms with Crippen molar-refractivity contribution in [3.05, 3.63) is 65.7 Å². The molecule has 2 heterocycles. The van der Waals surface area contributed by atoms with Crippen LogP contribution < -0.4 is 0 Å². The zero-order valence-corrected chi connectivity index (χ0v) is 11.9. The molecule has 22 heavy (non-hydrogen) atoms. The van der Waals surface area contributed by atoms with Crippen LogP contribution in [0.15, 0.2) is 53.2 Å². The van der Waals surface area contributed by atoms with E-state index >= 15 is 0 Å². The smallest absolute Gasteiger partial charge is 0.338 e. The molecule has 6 heteroatoms. The van der Waals surface area contributed by atoms with Crippen LogP contribution in [0.25, 0.3) is 11.5 Å². The highest BCUT2D eigenvalue weighted by Gasteiger charge is 2.10. The largest absolute Gasteiger partial charge is 0.456 e. The zero-order valence-electron chi connectivity index (χ0n) is 11.9. The van der Waals surface area contributed by atoms with Gasteiger partial charge in [-0.15, -0.1) is 0 Å². The number of esters is 1. The maximum Gasteiger partial charge on any atom is 0.338 e. The number of pyridine rings is 1. The molecule has 0 spiro atoms. The van der Waals surface area contributed by atoms with Crippen LogP contribution in [0, 0.1) is 6.92 Å². The van der Waals surface area contributed by atoms with E-state index in [1.807, 2.05) is 12.1 Å². The Morgan fingerprint density at radius 1 is 1.18 bits per heavy atom. The molecule has 0 aliphatic rings. The molecule has 110 valence electrons. The normalized spacial score (nSPS) is 10.4. The molecule has 6 nitrogen and oxygen atoms in total. The molecule has 0 aliphatic carbocycles. The van der Waals surface area contributed by atoms with Gasteiger partial charge in [0.25, 0.3) is 5.89 Å². The van der Waals surface area contributed by atoms with Gasteiger partial charge in [-0.2, -0.15) is 4.98 Å². The summed E-state index contributed by atoms with van der Waals surface area (Å²) in [6.45, 7) is 1.89. The summed E-state index contributed by atoms with van der Waals surface area (Å²) < 4.78 is 10.3. The van der Waals surface area contributed by atoms with Gasteiger partial charge in [-0.05, 0) is 43.3 Å². The van der Waals surface area contributed by atoms with E-state index in [2.05, 4.69) is 15.1 Å². The molecule has 0 amide bonds. The maximum atomic E-state index is 12.0. The van der Waals surface area contributed by atoms with Gasteiger partial charge in [-0.1, -0.05) is 11.2 Å².